The number of ether oxygens (including phenoxy) is 1. The molecule has 0 amide bonds. The topological polar surface area (TPSA) is 95.1 Å². The number of aromatic nitrogens is 4. The number of aldehydes is 1. The first-order chi connectivity index (χ1) is 12.2. The highest BCUT2D eigenvalue weighted by Gasteiger charge is 2.20. The van der Waals surface area contributed by atoms with Gasteiger partial charge in [0.1, 0.15) is 12.0 Å². The number of para-hydroxylation sites is 1. The summed E-state index contributed by atoms with van der Waals surface area (Å²) < 4.78 is 12.8. The highest BCUT2D eigenvalue weighted by atomic mass is 16.5. The molecular weight excluding hydrogens is 322 g/mol. The molecule has 0 aliphatic heterocycles. The van der Waals surface area contributed by atoms with Crippen molar-refractivity contribution in [3.8, 4) is 17.2 Å². The zero-order chi connectivity index (χ0) is 17.6. The number of rotatable bonds is 8. The van der Waals surface area contributed by atoms with Crippen molar-refractivity contribution in [1.29, 1.82) is 0 Å². The highest BCUT2D eigenvalue weighted by molar-refractivity contribution is 5.62. The van der Waals surface area contributed by atoms with Gasteiger partial charge in [0.05, 0.1) is 24.9 Å². The van der Waals surface area contributed by atoms with E-state index in [-0.39, 0.29) is 12.5 Å². The zero-order valence-corrected chi connectivity index (χ0v) is 14.0. The normalized spacial score (nSPS) is 12.1. The molecule has 0 aliphatic rings. The number of hydrogen-bond donors (Lipinski definition) is 1. The largest absolute Gasteiger partial charge is 0.496 e. The Balaban J connectivity index is 1.78. The van der Waals surface area contributed by atoms with Crippen LogP contribution in [-0.4, -0.2) is 33.4 Å². The van der Waals surface area contributed by atoms with E-state index >= 15 is 0 Å². The minimum atomic E-state index is -0.367. The number of carbonyl (C=O) groups is 1. The SMILES string of the molecule is COc1ccccc1-c1nnc([C@H](CC=O)NCc2cnn(C)c2)o1. The van der Waals surface area contributed by atoms with E-state index in [1.165, 1.54) is 0 Å². The number of nitrogens with zero attached hydrogens (tertiary/aromatic N) is 4. The van der Waals surface area contributed by atoms with Crippen molar-refractivity contribution in [2.75, 3.05) is 7.11 Å². The molecule has 0 saturated carbocycles. The summed E-state index contributed by atoms with van der Waals surface area (Å²) in [6.07, 6.45) is 4.72. The minimum absolute atomic E-state index is 0.230. The van der Waals surface area contributed by atoms with E-state index in [4.69, 9.17) is 9.15 Å². The maximum atomic E-state index is 11.0. The molecule has 3 rings (SSSR count). The van der Waals surface area contributed by atoms with Gasteiger partial charge in [-0.15, -0.1) is 10.2 Å². The molecule has 0 radical (unpaired) electrons. The second-order valence-electron chi connectivity index (χ2n) is 5.50. The van der Waals surface area contributed by atoms with Gasteiger partial charge < -0.3 is 19.3 Å². The van der Waals surface area contributed by atoms with Gasteiger partial charge in [-0.05, 0) is 12.1 Å². The molecule has 3 aromatic rings. The van der Waals surface area contributed by atoms with Gasteiger partial charge in [-0.3, -0.25) is 4.68 Å². The first kappa shape index (κ1) is 16.8. The number of carbonyl (C=O) groups excluding carboxylic acids is 1. The van der Waals surface area contributed by atoms with Crippen LogP contribution in [0.5, 0.6) is 5.75 Å². The van der Waals surface area contributed by atoms with Gasteiger partial charge in [-0.1, -0.05) is 12.1 Å². The fraction of sp³-hybridized carbons (Fsp3) is 0.294. The third kappa shape index (κ3) is 3.92. The third-order valence-corrected chi connectivity index (χ3v) is 3.72. The summed E-state index contributed by atoms with van der Waals surface area (Å²) in [6, 6.07) is 7.03. The quantitative estimate of drug-likeness (QED) is 0.625. The lowest BCUT2D eigenvalue weighted by Crippen LogP contribution is -2.21. The Morgan fingerprint density at radius 2 is 2.20 bits per heavy atom. The Kier molecular flexibility index (Phi) is 5.20. The monoisotopic (exact) mass is 341 g/mol. The Morgan fingerprint density at radius 1 is 1.36 bits per heavy atom. The van der Waals surface area contributed by atoms with Crippen LogP contribution in [0.3, 0.4) is 0 Å². The van der Waals surface area contributed by atoms with E-state index in [0.717, 1.165) is 11.8 Å². The summed E-state index contributed by atoms with van der Waals surface area (Å²) in [5, 5.41) is 15.5. The van der Waals surface area contributed by atoms with Crippen LogP contribution in [0.2, 0.25) is 0 Å². The summed E-state index contributed by atoms with van der Waals surface area (Å²) in [5.41, 5.74) is 1.71. The van der Waals surface area contributed by atoms with Gasteiger partial charge in [-0.25, -0.2) is 0 Å². The Morgan fingerprint density at radius 3 is 2.92 bits per heavy atom. The molecule has 0 aliphatic carbocycles. The smallest absolute Gasteiger partial charge is 0.251 e. The van der Waals surface area contributed by atoms with Crippen molar-refractivity contribution in [2.24, 2.45) is 7.05 Å². The Bertz CT molecular complexity index is 842. The van der Waals surface area contributed by atoms with Gasteiger partial charge in [0.15, 0.2) is 0 Å². The first-order valence-electron chi connectivity index (χ1n) is 7.82. The van der Waals surface area contributed by atoms with Crippen LogP contribution in [0.25, 0.3) is 11.5 Å². The summed E-state index contributed by atoms with van der Waals surface area (Å²) in [4.78, 5) is 11.0. The fourth-order valence-corrected chi connectivity index (χ4v) is 2.48. The lowest BCUT2D eigenvalue weighted by molar-refractivity contribution is -0.108. The average Bonchev–Trinajstić information content (AvgIpc) is 3.28. The van der Waals surface area contributed by atoms with E-state index in [2.05, 4.69) is 20.6 Å². The first-order valence-corrected chi connectivity index (χ1v) is 7.82. The zero-order valence-electron chi connectivity index (χ0n) is 14.0. The molecule has 2 heterocycles. The minimum Gasteiger partial charge on any atom is -0.496 e. The fourth-order valence-electron chi connectivity index (χ4n) is 2.48. The predicted molar refractivity (Wildman–Crippen MR) is 89.8 cm³/mol. The van der Waals surface area contributed by atoms with E-state index in [9.17, 15) is 4.79 Å². The standard InChI is InChI=1S/C17H19N5O3/c1-22-11-12(10-19-22)9-18-14(7-8-23)17-21-20-16(25-17)13-5-3-4-6-15(13)24-2/h3-6,8,10-11,14,18H,7,9H2,1-2H3/t14-/m0/s1. The van der Waals surface area contributed by atoms with Crippen LogP contribution in [0.1, 0.15) is 23.9 Å². The van der Waals surface area contributed by atoms with Crippen LogP contribution in [-0.2, 0) is 18.4 Å². The van der Waals surface area contributed by atoms with Crippen molar-refractivity contribution in [2.45, 2.75) is 19.0 Å². The number of benzene rings is 1. The van der Waals surface area contributed by atoms with E-state index in [1.807, 2.05) is 37.5 Å². The molecule has 130 valence electrons. The van der Waals surface area contributed by atoms with Crippen molar-refractivity contribution in [3.05, 3.63) is 48.1 Å². The molecule has 0 spiro atoms. The summed E-state index contributed by atoms with van der Waals surface area (Å²) in [5.74, 6) is 1.36. The van der Waals surface area contributed by atoms with Crippen LogP contribution in [0, 0.1) is 0 Å². The number of hydrogen-bond acceptors (Lipinski definition) is 7. The molecule has 2 aromatic heterocycles. The second-order valence-corrected chi connectivity index (χ2v) is 5.50. The molecule has 1 N–H and O–H groups in total. The van der Waals surface area contributed by atoms with Gasteiger partial charge in [0.2, 0.25) is 5.89 Å². The van der Waals surface area contributed by atoms with Gasteiger partial charge in [0.25, 0.3) is 5.89 Å². The third-order valence-electron chi connectivity index (χ3n) is 3.72. The molecule has 1 atom stereocenters. The lowest BCUT2D eigenvalue weighted by Gasteiger charge is -2.11. The molecular formula is C17H19N5O3. The van der Waals surface area contributed by atoms with Crippen LogP contribution >= 0.6 is 0 Å². The predicted octanol–water partition coefficient (Wildman–Crippen LogP) is 1.90. The van der Waals surface area contributed by atoms with Crippen molar-refractivity contribution in [1.82, 2.24) is 25.3 Å². The molecule has 0 fully saturated rings. The molecule has 8 heteroatoms. The molecule has 1 aromatic carbocycles. The Labute approximate surface area is 144 Å². The van der Waals surface area contributed by atoms with Crippen LogP contribution in [0.4, 0.5) is 0 Å². The molecule has 0 saturated heterocycles. The van der Waals surface area contributed by atoms with E-state index in [1.54, 1.807) is 18.0 Å². The molecule has 25 heavy (non-hydrogen) atoms. The Hall–Kier alpha value is -3.00. The van der Waals surface area contributed by atoms with Gasteiger partial charge >= 0.3 is 0 Å². The maximum Gasteiger partial charge on any atom is 0.251 e. The van der Waals surface area contributed by atoms with Crippen LogP contribution < -0.4 is 10.1 Å². The number of aryl methyl sites for hydroxylation is 1. The molecule has 8 nitrogen and oxygen atoms in total. The lowest BCUT2D eigenvalue weighted by atomic mass is 10.2. The number of methoxy groups -OCH3 is 1. The summed E-state index contributed by atoms with van der Waals surface area (Å²) >= 11 is 0. The van der Waals surface area contributed by atoms with Crippen LogP contribution in [0.15, 0.2) is 41.1 Å². The molecule has 0 unspecified atom stereocenters. The maximum absolute atomic E-state index is 11.0. The van der Waals surface area contributed by atoms with Crippen molar-refractivity contribution < 1.29 is 13.9 Å². The van der Waals surface area contributed by atoms with Gasteiger partial charge in [0, 0.05) is 31.8 Å². The summed E-state index contributed by atoms with van der Waals surface area (Å²) in [7, 11) is 3.44. The summed E-state index contributed by atoms with van der Waals surface area (Å²) in [6.45, 7) is 0.540. The van der Waals surface area contributed by atoms with Crippen molar-refractivity contribution >= 4 is 6.29 Å². The highest BCUT2D eigenvalue weighted by Crippen LogP contribution is 2.29. The molecule has 0 bridgehead atoms. The number of nitrogens with one attached hydrogen (secondary N) is 1. The van der Waals surface area contributed by atoms with Crippen molar-refractivity contribution in [3.63, 3.8) is 0 Å². The van der Waals surface area contributed by atoms with E-state index < -0.39 is 0 Å². The van der Waals surface area contributed by atoms with Gasteiger partial charge in [-0.2, -0.15) is 5.10 Å². The second kappa shape index (κ2) is 7.71. The van der Waals surface area contributed by atoms with E-state index in [0.29, 0.717) is 29.6 Å². The average molecular weight is 341 g/mol.